The van der Waals surface area contributed by atoms with Crippen molar-refractivity contribution in [3.8, 4) is 5.75 Å². The van der Waals surface area contributed by atoms with Crippen LogP contribution in [0.5, 0.6) is 5.75 Å². The summed E-state index contributed by atoms with van der Waals surface area (Å²) in [5.74, 6) is 2.52. The van der Waals surface area contributed by atoms with Crippen LogP contribution in [0.2, 0.25) is 0 Å². The van der Waals surface area contributed by atoms with Crippen molar-refractivity contribution in [1.29, 1.82) is 0 Å². The van der Waals surface area contributed by atoms with Gasteiger partial charge < -0.3 is 14.0 Å². The summed E-state index contributed by atoms with van der Waals surface area (Å²) in [5.41, 5.74) is 3.38. The van der Waals surface area contributed by atoms with Crippen LogP contribution in [0, 0.1) is 28.6 Å². The average Bonchev–Trinajstić information content (AvgIpc) is 3.53. The first kappa shape index (κ1) is 27.0. The number of esters is 1. The van der Waals surface area contributed by atoms with Gasteiger partial charge in [-0.2, -0.15) is 0 Å². The number of aryl methyl sites for hydroxylation is 1. The second-order valence-electron chi connectivity index (χ2n) is 13.0. The lowest BCUT2D eigenvalue weighted by Gasteiger charge is -2.56. The van der Waals surface area contributed by atoms with Crippen LogP contribution in [0.25, 0.3) is 6.08 Å². The second-order valence-corrected chi connectivity index (χ2v) is 13.0. The Kier molecular flexibility index (Phi) is 7.22. The van der Waals surface area contributed by atoms with Gasteiger partial charge in [-0.15, -0.1) is 0 Å². The van der Waals surface area contributed by atoms with Gasteiger partial charge in [0.25, 0.3) is 0 Å². The van der Waals surface area contributed by atoms with E-state index in [0.29, 0.717) is 30.1 Å². The number of aromatic nitrogens is 2. The number of ketones is 1. The molecule has 2 aromatic rings. The zero-order valence-corrected chi connectivity index (χ0v) is 24.1. The Hall–Kier alpha value is -3.15. The number of allylic oxidation sites excluding steroid dienone is 2. The average molecular weight is 543 g/mol. The summed E-state index contributed by atoms with van der Waals surface area (Å²) in [6.07, 6.45) is 17.9. The first-order valence-corrected chi connectivity index (χ1v) is 15.1. The predicted octanol–water partition coefficient (Wildman–Crippen LogP) is 6.81. The first-order valence-electron chi connectivity index (χ1n) is 15.1. The Labute approximate surface area is 237 Å². The highest BCUT2D eigenvalue weighted by atomic mass is 16.5. The molecule has 3 fully saturated rings. The summed E-state index contributed by atoms with van der Waals surface area (Å²) in [4.78, 5) is 29.5. The Bertz CT molecular complexity index is 1330. The lowest BCUT2D eigenvalue weighted by Crippen LogP contribution is -2.50. The largest absolute Gasteiger partial charge is 0.494 e. The molecule has 0 bridgehead atoms. The van der Waals surface area contributed by atoms with Crippen molar-refractivity contribution in [2.24, 2.45) is 28.6 Å². The zero-order valence-electron chi connectivity index (χ0n) is 24.1. The molecule has 0 N–H and O–H groups in total. The maximum Gasteiger partial charge on any atom is 0.302 e. The topological polar surface area (TPSA) is 70.4 Å². The molecule has 4 aliphatic carbocycles. The summed E-state index contributed by atoms with van der Waals surface area (Å²) in [7, 11) is 0. The summed E-state index contributed by atoms with van der Waals surface area (Å²) < 4.78 is 13.7. The molecule has 6 atom stereocenters. The quantitative estimate of drug-likeness (QED) is 0.166. The van der Waals surface area contributed by atoms with Crippen molar-refractivity contribution in [3.05, 3.63) is 65.8 Å². The summed E-state index contributed by atoms with van der Waals surface area (Å²) in [6, 6.07) is 8.14. The first-order chi connectivity index (χ1) is 19.3. The third-order valence-electron chi connectivity index (χ3n) is 10.6. The molecule has 212 valence electrons. The number of hydrogen-bond donors (Lipinski definition) is 0. The highest BCUT2D eigenvalue weighted by Gasteiger charge is 2.60. The number of carbonyl (C=O) groups excluding carboxylic acids is 2. The minimum Gasteiger partial charge on any atom is -0.494 e. The molecule has 6 rings (SSSR count). The molecule has 0 aliphatic heterocycles. The van der Waals surface area contributed by atoms with E-state index in [1.165, 1.54) is 12.5 Å². The number of carbonyl (C=O) groups is 2. The van der Waals surface area contributed by atoms with Crippen molar-refractivity contribution < 1.29 is 19.1 Å². The molecular formula is C34H42N2O4. The van der Waals surface area contributed by atoms with E-state index in [4.69, 9.17) is 9.47 Å². The normalized spacial score (nSPS) is 34.0. The summed E-state index contributed by atoms with van der Waals surface area (Å²) >= 11 is 0. The Morgan fingerprint density at radius 3 is 2.80 bits per heavy atom. The minimum atomic E-state index is -0.273. The van der Waals surface area contributed by atoms with Crippen LogP contribution in [0.1, 0.15) is 77.7 Å². The van der Waals surface area contributed by atoms with Crippen molar-refractivity contribution in [2.45, 2.75) is 84.8 Å². The Morgan fingerprint density at radius 2 is 2.00 bits per heavy atom. The van der Waals surface area contributed by atoms with E-state index in [1.54, 1.807) is 6.20 Å². The van der Waals surface area contributed by atoms with Gasteiger partial charge >= 0.3 is 5.97 Å². The molecule has 4 aliphatic rings. The van der Waals surface area contributed by atoms with Crippen LogP contribution in [-0.2, 0) is 20.9 Å². The Morgan fingerprint density at radius 1 is 1.15 bits per heavy atom. The second kappa shape index (κ2) is 10.7. The summed E-state index contributed by atoms with van der Waals surface area (Å²) in [5, 5.41) is 0. The van der Waals surface area contributed by atoms with Crippen LogP contribution in [0.15, 0.2) is 60.2 Å². The maximum atomic E-state index is 13.9. The van der Waals surface area contributed by atoms with E-state index in [2.05, 4.69) is 47.7 Å². The van der Waals surface area contributed by atoms with Gasteiger partial charge in [0.2, 0.25) is 0 Å². The van der Waals surface area contributed by atoms with Crippen LogP contribution in [-0.4, -0.2) is 34.0 Å². The fourth-order valence-electron chi connectivity index (χ4n) is 8.51. The van der Waals surface area contributed by atoms with Crippen molar-refractivity contribution in [1.82, 2.24) is 9.55 Å². The number of hydrogen-bond acceptors (Lipinski definition) is 5. The summed E-state index contributed by atoms with van der Waals surface area (Å²) in [6.45, 7) is 7.70. The molecule has 6 nitrogen and oxygen atoms in total. The van der Waals surface area contributed by atoms with Gasteiger partial charge in [-0.3, -0.25) is 9.59 Å². The predicted molar refractivity (Wildman–Crippen MR) is 154 cm³/mol. The highest BCUT2D eigenvalue weighted by molar-refractivity contribution is 6.06. The van der Waals surface area contributed by atoms with Crippen molar-refractivity contribution in [2.75, 3.05) is 6.61 Å². The van der Waals surface area contributed by atoms with E-state index < -0.39 is 0 Å². The lowest BCUT2D eigenvalue weighted by molar-refractivity contribution is -0.148. The number of imidazole rings is 1. The van der Waals surface area contributed by atoms with Gasteiger partial charge in [-0.25, -0.2) is 4.98 Å². The smallest absolute Gasteiger partial charge is 0.302 e. The number of rotatable bonds is 7. The number of nitrogens with zero attached hydrogens (tertiary/aromatic N) is 2. The van der Waals surface area contributed by atoms with Gasteiger partial charge in [0.1, 0.15) is 11.9 Å². The van der Waals surface area contributed by atoms with E-state index in [0.717, 1.165) is 74.8 Å². The molecule has 6 heteroatoms. The standard InChI is InChI=1S/C34H42N2O4/c1-23(37)40-28-10-12-33(2)26(21-28)8-9-29-30(33)11-13-34(3)31(29)20-25(32(34)38)18-24-6-4-7-27(19-24)39-17-5-15-36-16-14-35-22-36/h4,6-8,14,16,18-19,22,28-31H,5,9-13,15,17,20-21H2,1-3H3/b25-18-/t28-,29?,30?,31?,33-,34-/m0/s1. The maximum absolute atomic E-state index is 13.9. The molecule has 1 heterocycles. The molecular weight excluding hydrogens is 500 g/mol. The van der Waals surface area contributed by atoms with E-state index >= 15 is 0 Å². The van der Waals surface area contributed by atoms with Crippen molar-refractivity contribution >= 4 is 17.8 Å². The Balaban J connectivity index is 1.15. The van der Waals surface area contributed by atoms with E-state index in [9.17, 15) is 9.59 Å². The molecule has 1 aromatic heterocycles. The van der Waals surface area contributed by atoms with Gasteiger partial charge in [-0.05, 0) is 97.5 Å². The fourth-order valence-corrected chi connectivity index (χ4v) is 8.51. The number of benzene rings is 1. The van der Waals surface area contributed by atoms with Crippen molar-refractivity contribution in [3.63, 3.8) is 0 Å². The van der Waals surface area contributed by atoms with Crippen LogP contribution >= 0.6 is 0 Å². The fraction of sp³-hybridized carbons (Fsp3) is 0.559. The van der Waals surface area contributed by atoms with Crippen LogP contribution < -0.4 is 4.74 Å². The highest BCUT2D eigenvalue weighted by Crippen LogP contribution is 2.64. The number of fused-ring (bicyclic) bond motifs is 5. The third-order valence-corrected chi connectivity index (χ3v) is 10.6. The molecule has 0 spiro atoms. The van der Waals surface area contributed by atoms with Gasteiger partial charge in [-0.1, -0.05) is 37.6 Å². The van der Waals surface area contributed by atoms with Crippen LogP contribution in [0.4, 0.5) is 0 Å². The number of Topliss-reactive ketones (excluding diaryl/α,β-unsaturated/α-hetero) is 1. The number of ether oxygens (including phenoxy) is 2. The molecule has 3 saturated carbocycles. The molecule has 0 saturated heterocycles. The molecule has 40 heavy (non-hydrogen) atoms. The van der Waals surface area contributed by atoms with Gasteiger partial charge in [0, 0.05) is 37.7 Å². The third kappa shape index (κ3) is 4.95. The van der Waals surface area contributed by atoms with Gasteiger partial charge in [0.15, 0.2) is 5.78 Å². The zero-order chi connectivity index (χ0) is 27.9. The lowest BCUT2D eigenvalue weighted by atomic mass is 9.48. The molecule has 3 unspecified atom stereocenters. The van der Waals surface area contributed by atoms with E-state index in [1.807, 2.05) is 24.7 Å². The monoisotopic (exact) mass is 542 g/mol. The molecule has 0 radical (unpaired) electrons. The SMILES string of the molecule is CC(=O)O[C@H]1CC[C@@]2(C)C(=CCC3C2CC[C@]2(C)C(=O)/C(=C\c4cccc(OCCCn5ccnc5)c4)CC32)C1. The van der Waals surface area contributed by atoms with Crippen LogP contribution in [0.3, 0.4) is 0 Å². The minimum absolute atomic E-state index is 0.0150. The van der Waals surface area contributed by atoms with Gasteiger partial charge in [0.05, 0.1) is 12.9 Å². The molecule has 1 aromatic carbocycles. The van der Waals surface area contributed by atoms with E-state index in [-0.39, 0.29) is 22.9 Å². The molecule has 0 amide bonds.